The number of hydrogen-bond acceptors (Lipinski definition) is 3. The second-order valence-electron chi connectivity index (χ2n) is 4.70. The van der Waals surface area contributed by atoms with Gasteiger partial charge < -0.3 is 4.74 Å². The van der Waals surface area contributed by atoms with Crippen molar-refractivity contribution in [2.45, 2.75) is 6.36 Å². The lowest BCUT2D eigenvalue weighted by molar-refractivity contribution is -0.274. The minimum atomic E-state index is -4.90. The van der Waals surface area contributed by atoms with Crippen LogP contribution in [-0.4, -0.2) is 15.9 Å². The molecule has 0 saturated carbocycles. The van der Waals surface area contributed by atoms with Crippen molar-refractivity contribution >= 4 is 45.1 Å². The number of halogens is 5. The molecule has 0 spiro atoms. The van der Waals surface area contributed by atoms with Gasteiger partial charge in [0.15, 0.2) is 5.75 Å². The summed E-state index contributed by atoms with van der Waals surface area (Å²) in [6, 6.07) is 10.2. The van der Waals surface area contributed by atoms with Crippen LogP contribution in [0, 0.1) is 3.57 Å². The monoisotopic (exact) mass is 466 g/mol. The van der Waals surface area contributed by atoms with Crippen LogP contribution in [0.1, 0.15) is 0 Å². The van der Waals surface area contributed by atoms with Gasteiger partial charge in [0.1, 0.15) is 0 Å². The summed E-state index contributed by atoms with van der Waals surface area (Å²) in [7, 11) is 0. The molecule has 0 amide bonds. The van der Waals surface area contributed by atoms with E-state index < -0.39 is 17.7 Å². The summed E-state index contributed by atoms with van der Waals surface area (Å²) in [6.07, 6.45) is -4.90. The van der Waals surface area contributed by atoms with E-state index in [-0.39, 0.29) is 16.4 Å². The highest BCUT2D eigenvalue weighted by molar-refractivity contribution is 14.1. The molecule has 0 bridgehead atoms. The van der Waals surface area contributed by atoms with Crippen LogP contribution < -0.4 is 10.3 Å². The first-order valence-electron chi connectivity index (χ1n) is 6.49. The van der Waals surface area contributed by atoms with Crippen LogP contribution >= 0.6 is 34.2 Å². The Balaban J connectivity index is 2.29. The average Bonchev–Trinajstić information content (AvgIpc) is 2.48. The average molecular weight is 467 g/mol. The van der Waals surface area contributed by atoms with Gasteiger partial charge in [0, 0.05) is 3.57 Å². The van der Waals surface area contributed by atoms with Crippen LogP contribution in [0.15, 0.2) is 47.3 Å². The molecule has 0 N–H and O–H groups in total. The van der Waals surface area contributed by atoms with Crippen LogP contribution in [0.25, 0.3) is 16.6 Å². The Hall–Kier alpha value is -1.81. The highest BCUT2D eigenvalue weighted by atomic mass is 127. The molecule has 0 aliphatic heterocycles. The maximum atomic E-state index is 12.7. The van der Waals surface area contributed by atoms with E-state index in [9.17, 15) is 18.0 Å². The third-order valence-corrected chi connectivity index (χ3v) is 4.05. The molecule has 24 heavy (non-hydrogen) atoms. The van der Waals surface area contributed by atoms with E-state index in [0.717, 1.165) is 14.2 Å². The van der Waals surface area contributed by atoms with Crippen molar-refractivity contribution in [3.8, 4) is 11.4 Å². The number of benzene rings is 2. The first-order chi connectivity index (χ1) is 11.3. The zero-order valence-electron chi connectivity index (χ0n) is 11.6. The molecule has 3 aromatic rings. The molecule has 0 saturated heterocycles. The second kappa shape index (κ2) is 6.25. The van der Waals surface area contributed by atoms with Gasteiger partial charge in [0.05, 0.1) is 16.6 Å². The number of rotatable bonds is 2. The predicted octanol–water partition coefficient (Wildman–Crippen LogP) is 4.54. The molecule has 9 heteroatoms. The molecule has 0 aliphatic carbocycles. The van der Waals surface area contributed by atoms with Crippen LogP contribution in [0.5, 0.6) is 5.75 Å². The van der Waals surface area contributed by atoms with E-state index in [1.807, 2.05) is 22.6 Å². The molecule has 0 aliphatic rings. The van der Waals surface area contributed by atoms with Gasteiger partial charge in [-0.05, 0) is 64.5 Å². The van der Waals surface area contributed by atoms with E-state index in [2.05, 4.69) is 9.72 Å². The lowest BCUT2D eigenvalue weighted by Crippen LogP contribution is -2.23. The van der Waals surface area contributed by atoms with Gasteiger partial charge in [-0.25, -0.2) is 9.55 Å². The molecule has 4 nitrogen and oxygen atoms in total. The van der Waals surface area contributed by atoms with Crippen molar-refractivity contribution in [1.29, 1.82) is 0 Å². The Morgan fingerprint density at radius 2 is 1.88 bits per heavy atom. The van der Waals surface area contributed by atoms with Gasteiger partial charge in [-0.2, -0.15) is 0 Å². The maximum Gasteiger partial charge on any atom is 0.573 e. The third kappa shape index (κ3) is 3.34. The minimum absolute atomic E-state index is 0.141. The van der Waals surface area contributed by atoms with Gasteiger partial charge >= 0.3 is 6.36 Å². The fraction of sp³-hybridized carbons (Fsp3) is 0.0667. The van der Waals surface area contributed by atoms with E-state index >= 15 is 0 Å². The van der Waals surface area contributed by atoms with Crippen LogP contribution in [0.2, 0.25) is 5.28 Å². The first kappa shape index (κ1) is 17.0. The predicted molar refractivity (Wildman–Crippen MR) is 91.8 cm³/mol. The number of ether oxygens (including phenoxy) is 1. The molecule has 3 rings (SSSR count). The Kier molecular flexibility index (Phi) is 4.43. The molecule has 124 valence electrons. The largest absolute Gasteiger partial charge is 0.573 e. The number of hydrogen-bond donors (Lipinski definition) is 0. The standard InChI is InChI=1S/C15H7ClF3IN2O2/c16-14-21-10-6-5-8(20)7-9(10)13(23)22(14)11-3-1-2-4-12(11)24-15(17,18)19/h1-7H. The van der Waals surface area contributed by atoms with Crippen LogP contribution in [0.4, 0.5) is 13.2 Å². The van der Waals surface area contributed by atoms with Gasteiger partial charge in [-0.3, -0.25) is 4.79 Å². The van der Waals surface area contributed by atoms with Crippen molar-refractivity contribution in [2.75, 3.05) is 0 Å². The minimum Gasteiger partial charge on any atom is -0.404 e. The molecule has 0 fully saturated rings. The van der Waals surface area contributed by atoms with E-state index in [1.165, 1.54) is 18.2 Å². The van der Waals surface area contributed by atoms with Crippen LogP contribution in [0.3, 0.4) is 0 Å². The molecule has 0 atom stereocenters. The highest BCUT2D eigenvalue weighted by Gasteiger charge is 2.32. The Morgan fingerprint density at radius 1 is 1.17 bits per heavy atom. The van der Waals surface area contributed by atoms with Crippen molar-refractivity contribution in [2.24, 2.45) is 0 Å². The van der Waals surface area contributed by atoms with Crippen LogP contribution in [-0.2, 0) is 0 Å². The Morgan fingerprint density at radius 3 is 2.58 bits per heavy atom. The number of nitrogens with zero attached hydrogens (tertiary/aromatic N) is 2. The van der Waals surface area contributed by atoms with Crippen molar-refractivity contribution in [1.82, 2.24) is 9.55 Å². The first-order valence-corrected chi connectivity index (χ1v) is 7.95. The zero-order chi connectivity index (χ0) is 17.5. The van der Waals surface area contributed by atoms with Gasteiger partial charge in [0.25, 0.3) is 5.56 Å². The smallest absolute Gasteiger partial charge is 0.404 e. The molecule has 2 aromatic carbocycles. The number of alkyl halides is 3. The molecular formula is C15H7ClF3IN2O2. The van der Waals surface area contributed by atoms with Crippen molar-refractivity contribution in [3.05, 3.63) is 61.7 Å². The van der Waals surface area contributed by atoms with Crippen molar-refractivity contribution < 1.29 is 17.9 Å². The molecule has 1 heterocycles. The molecule has 0 unspecified atom stereocenters. The third-order valence-electron chi connectivity index (χ3n) is 3.12. The van der Waals surface area contributed by atoms with Gasteiger partial charge in [-0.1, -0.05) is 12.1 Å². The van der Waals surface area contributed by atoms with E-state index in [4.69, 9.17) is 11.6 Å². The summed E-state index contributed by atoms with van der Waals surface area (Å²) in [5, 5.41) is -0.0138. The summed E-state index contributed by atoms with van der Waals surface area (Å²) in [6.45, 7) is 0. The number of para-hydroxylation sites is 2. The van der Waals surface area contributed by atoms with Gasteiger partial charge in [0.2, 0.25) is 5.28 Å². The molecular weight excluding hydrogens is 460 g/mol. The van der Waals surface area contributed by atoms with Gasteiger partial charge in [-0.15, -0.1) is 13.2 Å². The summed E-state index contributed by atoms with van der Waals surface area (Å²) in [4.78, 5) is 16.8. The lowest BCUT2D eigenvalue weighted by Gasteiger charge is -2.15. The highest BCUT2D eigenvalue weighted by Crippen LogP contribution is 2.30. The fourth-order valence-corrected chi connectivity index (χ4v) is 2.94. The SMILES string of the molecule is O=c1c2cc(I)ccc2nc(Cl)n1-c1ccccc1OC(F)(F)F. The van der Waals surface area contributed by atoms with E-state index in [1.54, 1.807) is 18.2 Å². The topological polar surface area (TPSA) is 44.1 Å². The summed E-state index contributed by atoms with van der Waals surface area (Å²) in [5.41, 5.74) is -0.365. The number of aromatic nitrogens is 2. The Labute approximate surface area is 152 Å². The number of fused-ring (bicyclic) bond motifs is 1. The fourth-order valence-electron chi connectivity index (χ4n) is 2.19. The molecule has 1 aromatic heterocycles. The summed E-state index contributed by atoms with van der Waals surface area (Å²) in [5.74, 6) is -0.541. The Bertz CT molecular complexity index is 989. The summed E-state index contributed by atoms with van der Waals surface area (Å²) >= 11 is 8.06. The summed E-state index contributed by atoms with van der Waals surface area (Å²) < 4.78 is 43.4. The zero-order valence-corrected chi connectivity index (χ0v) is 14.6. The molecule has 0 radical (unpaired) electrons. The second-order valence-corrected chi connectivity index (χ2v) is 6.28. The lowest BCUT2D eigenvalue weighted by atomic mass is 10.2. The van der Waals surface area contributed by atoms with Crippen molar-refractivity contribution in [3.63, 3.8) is 0 Å². The quantitative estimate of drug-likeness (QED) is 0.411. The van der Waals surface area contributed by atoms with E-state index in [0.29, 0.717) is 5.52 Å². The normalized spacial score (nSPS) is 11.7. The maximum absolute atomic E-state index is 12.7.